The van der Waals surface area contributed by atoms with E-state index in [0.717, 1.165) is 34.4 Å². The number of fused-ring (bicyclic) bond motifs is 1. The second-order valence-corrected chi connectivity index (χ2v) is 8.52. The highest BCUT2D eigenvalue weighted by Gasteiger charge is 2.23. The van der Waals surface area contributed by atoms with Crippen LogP contribution in [0.3, 0.4) is 0 Å². The highest BCUT2D eigenvalue weighted by Crippen LogP contribution is 2.40. The summed E-state index contributed by atoms with van der Waals surface area (Å²) >= 11 is 1.50. The molecule has 1 aliphatic rings. The molecule has 0 bridgehead atoms. The third-order valence-electron chi connectivity index (χ3n) is 5.36. The zero-order valence-electron chi connectivity index (χ0n) is 17.9. The third-order valence-corrected chi connectivity index (χ3v) is 6.23. The first-order valence-corrected chi connectivity index (χ1v) is 11.4. The topological polar surface area (TPSA) is 104 Å². The Kier molecular flexibility index (Phi) is 5.95. The number of aromatic nitrogens is 3. The monoisotopic (exact) mass is 463 g/mol. The van der Waals surface area contributed by atoms with Crippen molar-refractivity contribution in [3.63, 3.8) is 0 Å². The predicted molar refractivity (Wildman–Crippen MR) is 125 cm³/mol. The van der Waals surface area contributed by atoms with E-state index in [1.54, 1.807) is 19.1 Å². The molecule has 5 rings (SSSR count). The van der Waals surface area contributed by atoms with Crippen LogP contribution in [0.2, 0.25) is 0 Å². The van der Waals surface area contributed by atoms with E-state index in [9.17, 15) is 10.1 Å². The van der Waals surface area contributed by atoms with Crippen LogP contribution in [0, 0.1) is 17.0 Å². The summed E-state index contributed by atoms with van der Waals surface area (Å²) in [5, 5.41) is 14.4. The lowest BCUT2D eigenvalue weighted by atomic mass is 10.1. The van der Waals surface area contributed by atoms with Crippen LogP contribution in [0.4, 0.5) is 5.82 Å². The van der Waals surface area contributed by atoms with E-state index in [1.165, 1.54) is 11.3 Å². The van der Waals surface area contributed by atoms with Crippen molar-refractivity contribution in [3.05, 3.63) is 69.5 Å². The van der Waals surface area contributed by atoms with Gasteiger partial charge in [-0.2, -0.15) is 4.98 Å². The van der Waals surface area contributed by atoms with Crippen LogP contribution in [-0.2, 0) is 11.3 Å². The number of nitrogens with zero attached hydrogens (tertiary/aromatic N) is 5. The number of hydrogen-bond donors (Lipinski definition) is 0. The Morgan fingerprint density at radius 2 is 1.91 bits per heavy atom. The Balaban J connectivity index is 1.62. The van der Waals surface area contributed by atoms with Crippen molar-refractivity contribution in [2.24, 2.45) is 0 Å². The molecule has 0 atom stereocenters. The van der Waals surface area contributed by atoms with Crippen LogP contribution < -0.4 is 4.74 Å². The number of rotatable bonds is 6. The molecule has 0 N–H and O–H groups in total. The molecule has 0 saturated carbocycles. The van der Waals surface area contributed by atoms with Gasteiger partial charge in [-0.25, -0.2) is 4.98 Å². The number of nitro groups is 1. The van der Waals surface area contributed by atoms with Crippen molar-refractivity contribution in [2.45, 2.75) is 13.5 Å². The van der Waals surface area contributed by atoms with Gasteiger partial charge in [0.2, 0.25) is 11.6 Å². The van der Waals surface area contributed by atoms with Gasteiger partial charge >= 0.3 is 5.82 Å². The van der Waals surface area contributed by atoms with Gasteiger partial charge in [0.05, 0.1) is 25.1 Å². The van der Waals surface area contributed by atoms with Gasteiger partial charge in [0.25, 0.3) is 0 Å². The van der Waals surface area contributed by atoms with E-state index in [0.29, 0.717) is 31.3 Å². The molecule has 1 saturated heterocycles. The van der Waals surface area contributed by atoms with Gasteiger partial charge in [-0.3, -0.25) is 4.90 Å². The van der Waals surface area contributed by atoms with E-state index < -0.39 is 4.92 Å². The van der Waals surface area contributed by atoms with E-state index >= 15 is 0 Å². The van der Waals surface area contributed by atoms with Crippen molar-refractivity contribution in [1.82, 2.24) is 19.9 Å². The Morgan fingerprint density at radius 3 is 2.67 bits per heavy atom. The van der Waals surface area contributed by atoms with E-state index in [4.69, 9.17) is 19.4 Å². The predicted octanol–water partition coefficient (Wildman–Crippen LogP) is 4.59. The molecule has 168 valence electrons. The van der Waals surface area contributed by atoms with Crippen molar-refractivity contribution >= 4 is 27.4 Å². The van der Waals surface area contributed by atoms with Gasteiger partial charge in [0, 0.05) is 31.0 Å². The molecule has 1 fully saturated rings. The first-order chi connectivity index (χ1) is 16.1. The second-order valence-electron chi connectivity index (χ2n) is 7.66. The summed E-state index contributed by atoms with van der Waals surface area (Å²) in [5.74, 6) is 0.599. The van der Waals surface area contributed by atoms with E-state index in [1.807, 2.05) is 35.7 Å². The van der Waals surface area contributed by atoms with Crippen LogP contribution in [0.1, 0.15) is 11.5 Å². The quantitative estimate of drug-likeness (QED) is 0.302. The highest BCUT2D eigenvalue weighted by molar-refractivity contribution is 7.17. The summed E-state index contributed by atoms with van der Waals surface area (Å²) in [4.78, 5) is 27.6. The van der Waals surface area contributed by atoms with Crippen LogP contribution in [0.25, 0.3) is 21.3 Å². The lowest BCUT2D eigenvalue weighted by Gasteiger charge is -2.25. The maximum absolute atomic E-state index is 11.6. The van der Waals surface area contributed by atoms with Crippen LogP contribution in [-0.4, -0.2) is 51.1 Å². The summed E-state index contributed by atoms with van der Waals surface area (Å²) < 4.78 is 11.5. The summed E-state index contributed by atoms with van der Waals surface area (Å²) in [5.41, 5.74) is 2.45. The van der Waals surface area contributed by atoms with Gasteiger partial charge in [0.15, 0.2) is 0 Å². The Labute approximate surface area is 193 Å². The van der Waals surface area contributed by atoms with Crippen LogP contribution >= 0.6 is 11.3 Å². The van der Waals surface area contributed by atoms with Gasteiger partial charge < -0.3 is 19.6 Å². The fraction of sp³-hybridized carbons (Fsp3) is 0.261. The fourth-order valence-electron chi connectivity index (χ4n) is 3.73. The number of benzene rings is 1. The Bertz CT molecular complexity index is 1310. The molecule has 1 aliphatic heterocycles. The van der Waals surface area contributed by atoms with Crippen molar-refractivity contribution in [2.75, 3.05) is 26.3 Å². The molecule has 9 nitrogen and oxygen atoms in total. The van der Waals surface area contributed by atoms with Crippen molar-refractivity contribution in [1.29, 1.82) is 0 Å². The number of morpholine rings is 1. The maximum Gasteiger partial charge on any atom is 0.407 e. The molecule has 0 spiro atoms. The normalized spacial score (nSPS) is 14.5. The van der Waals surface area contributed by atoms with E-state index in [-0.39, 0.29) is 17.4 Å². The molecule has 0 radical (unpaired) electrons. The molecule has 10 heteroatoms. The lowest BCUT2D eigenvalue weighted by Crippen LogP contribution is -2.36. The molecular weight excluding hydrogens is 442 g/mol. The molecule has 0 aliphatic carbocycles. The molecule has 0 amide bonds. The van der Waals surface area contributed by atoms with Crippen molar-refractivity contribution < 1.29 is 14.4 Å². The maximum atomic E-state index is 11.6. The Morgan fingerprint density at radius 1 is 1.12 bits per heavy atom. The third kappa shape index (κ3) is 4.54. The minimum absolute atomic E-state index is 0.0492. The van der Waals surface area contributed by atoms with Crippen molar-refractivity contribution in [3.8, 4) is 22.8 Å². The molecular formula is C23H21N5O4S. The summed E-state index contributed by atoms with van der Waals surface area (Å²) in [6.45, 7) is 5.18. The van der Waals surface area contributed by atoms with Crippen LogP contribution in [0.15, 0.2) is 47.8 Å². The second kappa shape index (κ2) is 9.18. The first-order valence-electron chi connectivity index (χ1n) is 10.5. The number of aryl methyl sites for hydroxylation is 1. The largest absolute Gasteiger partial charge is 0.429 e. The van der Waals surface area contributed by atoms with Gasteiger partial charge in [-0.15, -0.1) is 11.3 Å². The molecule has 1 aromatic carbocycles. The average Bonchev–Trinajstić information content (AvgIpc) is 3.25. The lowest BCUT2D eigenvalue weighted by molar-refractivity contribution is -0.390. The smallest absolute Gasteiger partial charge is 0.407 e. The number of thiophene rings is 1. The van der Waals surface area contributed by atoms with Crippen LogP contribution in [0.5, 0.6) is 11.6 Å². The number of ether oxygens (including phenoxy) is 2. The van der Waals surface area contributed by atoms with Gasteiger partial charge in [-0.1, -0.05) is 30.3 Å². The zero-order valence-corrected chi connectivity index (χ0v) is 18.7. The molecule has 33 heavy (non-hydrogen) atoms. The first kappa shape index (κ1) is 21.4. The summed E-state index contributed by atoms with van der Waals surface area (Å²) in [6, 6.07) is 13.1. The van der Waals surface area contributed by atoms with Gasteiger partial charge in [-0.05, 0) is 27.6 Å². The zero-order chi connectivity index (χ0) is 22.8. The fourth-order valence-corrected chi connectivity index (χ4v) is 4.69. The molecule has 3 aromatic heterocycles. The Hall–Kier alpha value is -3.47. The highest BCUT2D eigenvalue weighted by atomic mass is 32.1. The number of hydrogen-bond acceptors (Lipinski definition) is 9. The molecule has 4 heterocycles. The molecule has 0 unspecified atom stereocenters. The van der Waals surface area contributed by atoms with E-state index in [2.05, 4.69) is 9.88 Å². The minimum atomic E-state index is -0.541. The number of pyridine rings is 1. The average molecular weight is 464 g/mol. The van der Waals surface area contributed by atoms with Gasteiger partial charge in [0.1, 0.15) is 16.3 Å². The SMILES string of the molecule is Cc1ccc(Oc2nc(CN3CCOCC3)nc3scc(-c4ccccc4)c23)c([N+](=O)[O-])n1. The molecule has 4 aromatic rings. The summed E-state index contributed by atoms with van der Waals surface area (Å²) in [7, 11) is 0. The summed E-state index contributed by atoms with van der Waals surface area (Å²) in [6.07, 6.45) is 0. The standard InChI is InChI=1S/C23H21N5O4S/c1-15-7-8-18(21(24-15)28(29)30)32-22-20-17(16-5-3-2-4-6-16)14-33-23(20)26-19(25-22)13-27-9-11-31-12-10-27/h2-8,14H,9-13H2,1H3. The minimum Gasteiger partial charge on any atom is -0.429 e.